The van der Waals surface area contributed by atoms with Crippen LogP contribution in [0.2, 0.25) is 0 Å². The van der Waals surface area contributed by atoms with Gasteiger partial charge in [0.05, 0.1) is 0 Å². The summed E-state index contributed by atoms with van der Waals surface area (Å²) in [5, 5.41) is 0. The Morgan fingerprint density at radius 3 is 2.76 bits per heavy atom. The standard InChI is InChI=1S/C15H21NO/c1-5-14-11(3)9-13-8-10(2)6-7-15(13)16(14)12(4)17/h6-8,11,14H,5,9H2,1-4H3/t11-,14+/m1/s1. The summed E-state index contributed by atoms with van der Waals surface area (Å²) in [6, 6.07) is 6.76. The third-order valence-corrected chi connectivity index (χ3v) is 3.78. The first-order valence-electron chi connectivity index (χ1n) is 6.44. The van der Waals surface area contributed by atoms with E-state index >= 15 is 0 Å². The molecule has 0 spiro atoms. The normalized spacial score (nSPS) is 23.4. The molecule has 1 aliphatic heterocycles. The highest BCUT2D eigenvalue weighted by Crippen LogP contribution is 2.35. The lowest BCUT2D eigenvalue weighted by molar-refractivity contribution is -0.117. The Morgan fingerprint density at radius 1 is 1.47 bits per heavy atom. The summed E-state index contributed by atoms with van der Waals surface area (Å²) in [6.45, 7) is 8.19. The van der Waals surface area contributed by atoms with Crippen LogP contribution in [0.25, 0.3) is 0 Å². The van der Waals surface area contributed by atoms with Crippen molar-refractivity contribution >= 4 is 11.6 Å². The summed E-state index contributed by atoms with van der Waals surface area (Å²) >= 11 is 0. The van der Waals surface area contributed by atoms with Gasteiger partial charge in [-0.1, -0.05) is 31.5 Å². The van der Waals surface area contributed by atoms with E-state index in [9.17, 15) is 4.79 Å². The monoisotopic (exact) mass is 231 g/mol. The number of anilines is 1. The lowest BCUT2D eigenvalue weighted by Crippen LogP contribution is -2.46. The van der Waals surface area contributed by atoms with Crippen LogP contribution in [0.1, 0.15) is 38.3 Å². The molecule has 2 heteroatoms. The molecule has 1 amide bonds. The zero-order chi connectivity index (χ0) is 12.6. The molecular weight excluding hydrogens is 210 g/mol. The van der Waals surface area contributed by atoms with Gasteiger partial charge in [0.2, 0.25) is 5.91 Å². The maximum Gasteiger partial charge on any atom is 0.224 e. The number of benzene rings is 1. The predicted molar refractivity (Wildman–Crippen MR) is 71.3 cm³/mol. The molecule has 0 saturated carbocycles. The fourth-order valence-electron chi connectivity index (χ4n) is 3.02. The van der Waals surface area contributed by atoms with E-state index in [1.165, 1.54) is 11.1 Å². The van der Waals surface area contributed by atoms with E-state index < -0.39 is 0 Å². The van der Waals surface area contributed by atoms with Crippen LogP contribution in [0.15, 0.2) is 18.2 Å². The molecule has 0 saturated heterocycles. The number of hydrogen-bond acceptors (Lipinski definition) is 1. The summed E-state index contributed by atoms with van der Waals surface area (Å²) in [4.78, 5) is 13.9. The van der Waals surface area contributed by atoms with Crippen molar-refractivity contribution < 1.29 is 4.79 Å². The second kappa shape index (κ2) is 4.52. The molecule has 2 rings (SSSR count). The maximum absolute atomic E-state index is 11.9. The summed E-state index contributed by atoms with van der Waals surface area (Å²) in [6.07, 6.45) is 2.10. The Labute approximate surface area is 104 Å². The van der Waals surface area contributed by atoms with Crippen LogP contribution in [0.4, 0.5) is 5.69 Å². The number of carbonyl (C=O) groups is 1. The minimum Gasteiger partial charge on any atom is -0.309 e. The van der Waals surface area contributed by atoms with Gasteiger partial charge in [-0.2, -0.15) is 0 Å². The van der Waals surface area contributed by atoms with Gasteiger partial charge < -0.3 is 4.90 Å². The van der Waals surface area contributed by atoms with Crippen LogP contribution < -0.4 is 4.90 Å². The fourth-order valence-corrected chi connectivity index (χ4v) is 3.02. The zero-order valence-electron chi connectivity index (χ0n) is 11.2. The number of hydrogen-bond donors (Lipinski definition) is 0. The first kappa shape index (κ1) is 12.2. The van der Waals surface area contributed by atoms with E-state index in [2.05, 4.69) is 39.0 Å². The van der Waals surface area contributed by atoms with E-state index in [0.29, 0.717) is 12.0 Å². The number of fused-ring (bicyclic) bond motifs is 1. The molecule has 0 radical (unpaired) electrons. The highest BCUT2D eigenvalue weighted by Gasteiger charge is 2.32. The molecule has 1 heterocycles. The average Bonchev–Trinajstić information content (AvgIpc) is 2.26. The van der Waals surface area contributed by atoms with Gasteiger partial charge in [0, 0.05) is 18.7 Å². The number of aryl methyl sites for hydroxylation is 1. The minimum absolute atomic E-state index is 0.161. The van der Waals surface area contributed by atoms with Crippen LogP contribution in [0, 0.1) is 12.8 Å². The van der Waals surface area contributed by atoms with Gasteiger partial charge in [0.15, 0.2) is 0 Å². The van der Waals surface area contributed by atoms with Crippen LogP contribution in [-0.4, -0.2) is 11.9 Å². The Bertz CT molecular complexity index is 439. The van der Waals surface area contributed by atoms with Crippen molar-refractivity contribution in [1.82, 2.24) is 0 Å². The second-order valence-electron chi connectivity index (χ2n) is 5.18. The summed E-state index contributed by atoms with van der Waals surface area (Å²) < 4.78 is 0. The fraction of sp³-hybridized carbons (Fsp3) is 0.533. The first-order chi connectivity index (χ1) is 8.04. The third-order valence-electron chi connectivity index (χ3n) is 3.78. The lowest BCUT2D eigenvalue weighted by atomic mass is 9.85. The molecule has 17 heavy (non-hydrogen) atoms. The van der Waals surface area contributed by atoms with Gasteiger partial charge in [0.25, 0.3) is 0 Å². The van der Waals surface area contributed by atoms with Gasteiger partial charge in [-0.3, -0.25) is 4.79 Å². The molecule has 1 aromatic carbocycles. The minimum atomic E-state index is 0.161. The molecule has 0 fully saturated rings. The van der Waals surface area contributed by atoms with E-state index in [0.717, 1.165) is 18.5 Å². The van der Waals surface area contributed by atoms with Crippen molar-refractivity contribution in [1.29, 1.82) is 0 Å². The molecule has 0 aliphatic carbocycles. The van der Waals surface area contributed by atoms with Gasteiger partial charge in [-0.25, -0.2) is 0 Å². The summed E-state index contributed by atoms with van der Waals surface area (Å²) in [5.41, 5.74) is 3.71. The van der Waals surface area contributed by atoms with Gasteiger partial charge in [-0.05, 0) is 37.3 Å². The van der Waals surface area contributed by atoms with E-state index in [4.69, 9.17) is 0 Å². The summed E-state index contributed by atoms with van der Waals surface area (Å²) in [5.74, 6) is 0.701. The average molecular weight is 231 g/mol. The van der Waals surface area contributed by atoms with Crippen molar-refractivity contribution in [2.45, 2.75) is 46.6 Å². The van der Waals surface area contributed by atoms with Crippen LogP contribution in [0.3, 0.4) is 0 Å². The molecule has 0 N–H and O–H groups in total. The Morgan fingerprint density at radius 2 is 2.18 bits per heavy atom. The molecule has 2 atom stereocenters. The van der Waals surface area contributed by atoms with Gasteiger partial charge >= 0.3 is 0 Å². The third kappa shape index (κ3) is 2.08. The Kier molecular flexibility index (Phi) is 3.23. The van der Waals surface area contributed by atoms with Crippen LogP contribution in [0.5, 0.6) is 0 Å². The van der Waals surface area contributed by atoms with Crippen molar-refractivity contribution in [3.05, 3.63) is 29.3 Å². The molecular formula is C15H21NO. The molecule has 92 valence electrons. The highest BCUT2D eigenvalue weighted by atomic mass is 16.2. The van der Waals surface area contributed by atoms with E-state index in [1.807, 2.05) is 4.90 Å². The molecule has 1 aliphatic rings. The molecule has 1 aromatic rings. The van der Waals surface area contributed by atoms with Gasteiger partial charge in [-0.15, -0.1) is 0 Å². The van der Waals surface area contributed by atoms with Crippen LogP contribution in [-0.2, 0) is 11.2 Å². The number of amides is 1. The first-order valence-corrected chi connectivity index (χ1v) is 6.44. The summed E-state index contributed by atoms with van der Waals surface area (Å²) in [7, 11) is 0. The van der Waals surface area contributed by atoms with Gasteiger partial charge in [0.1, 0.15) is 0 Å². The maximum atomic E-state index is 11.9. The quantitative estimate of drug-likeness (QED) is 0.726. The van der Waals surface area contributed by atoms with Crippen molar-refractivity contribution in [3.63, 3.8) is 0 Å². The molecule has 2 nitrogen and oxygen atoms in total. The smallest absolute Gasteiger partial charge is 0.224 e. The number of nitrogens with zero attached hydrogens (tertiary/aromatic N) is 1. The number of rotatable bonds is 1. The Hall–Kier alpha value is -1.31. The lowest BCUT2D eigenvalue weighted by Gasteiger charge is -2.40. The Balaban J connectivity index is 2.51. The largest absolute Gasteiger partial charge is 0.309 e. The topological polar surface area (TPSA) is 20.3 Å². The molecule has 0 unspecified atom stereocenters. The second-order valence-corrected chi connectivity index (χ2v) is 5.18. The van der Waals surface area contributed by atoms with Crippen molar-refractivity contribution in [2.75, 3.05) is 4.90 Å². The number of carbonyl (C=O) groups excluding carboxylic acids is 1. The van der Waals surface area contributed by atoms with E-state index in [1.54, 1.807) is 6.92 Å². The van der Waals surface area contributed by atoms with Crippen molar-refractivity contribution in [2.24, 2.45) is 5.92 Å². The molecule has 0 aromatic heterocycles. The van der Waals surface area contributed by atoms with E-state index in [-0.39, 0.29) is 5.91 Å². The molecule has 0 bridgehead atoms. The van der Waals surface area contributed by atoms with Crippen LogP contribution >= 0.6 is 0 Å². The van der Waals surface area contributed by atoms with Crippen molar-refractivity contribution in [3.8, 4) is 0 Å². The highest BCUT2D eigenvalue weighted by molar-refractivity contribution is 5.93. The SMILES string of the molecule is CC[C@H]1[C@H](C)Cc2cc(C)ccc2N1C(C)=O. The zero-order valence-corrected chi connectivity index (χ0v) is 11.2. The predicted octanol–water partition coefficient (Wildman–Crippen LogP) is 3.32.